The molecule has 1 N–H and O–H groups in total. The number of hydrogen-bond donors (Lipinski definition) is 1. The molecule has 16 heavy (non-hydrogen) atoms. The number of nitriles is 1. The lowest BCUT2D eigenvalue weighted by molar-refractivity contribution is 0.403. The van der Waals surface area contributed by atoms with Gasteiger partial charge in [-0.3, -0.25) is 5.32 Å². The lowest BCUT2D eigenvalue weighted by Crippen LogP contribution is -2.31. The van der Waals surface area contributed by atoms with Crippen molar-refractivity contribution in [3.63, 3.8) is 0 Å². The van der Waals surface area contributed by atoms with E-state index < -0.39 is 0 Å². The van der Waals surface area contributed by atoms with E-state index >= 15 is 0 Å². The summed E-state index contributed by atoms with van der Waals surface area (Å²) >= 11 is 0. The number of ether oxygens (including phenoxy) is 1. The highest BCUT2D eigenvalue weighted by atomic mass is 16.5. The molecule has 0 saturated carbocycles. The summed E-state index contributed by atoms with van der Waals surface area (Å²) in [6.45, 7) is 4.71. The Bertz CT molecular complexity index is 368. The van der Waals surface area contributed by atoms with E-state index in [1.807, 2.05) is 38.1 Å². The smallest absolute Gasteiger partial charge is 0.123 e. The van der Waals surface area contributed by atoms with Gasteiger partial charge in [-0.25, -0.2) is 0 Å². The van der Waals surface area contributed by atoms with Crippen LogP contribution >= 0.6 is 0 Å². The van der Waals surface area contributed by atoms with Crippen LogP contribution in [0.5, 0.6) is 5.75 Å². The van der Waals surface area contributed by atoms with Crippen LogP contribution in [0.2, 0.25) is 0 Å². The third-order valence-corrected chi connectivity index (χ3v) is 2.51. The molecule has 3 nitrogen and oxygen atoms in total. The minimum atomic E-state index is -0.120. The van der Waals surface area contributed by atoms with Gasteiger partial charge in [-0.15, -0.1) is 0 Å². The summed E-state index contributed by atoms with van der Waals surface area (Å²) in [5.74, 6) is 1.16. The Morgan fingerprint density at radius 1 is 1.38 bits per heavy atom. The summed E-state index contributed by atoms with van der Waals surface area (Å²) in [5.41, 5.74) is 1.07. The van der Waals surface area contributed by atoms with Gasteiger partial charge in [-0.05, 0) is 12.0 Å². The number of para-hydroxylation sites is 1. The number of rotatable bonds is 5. The van der Waals surface area contributed by atoms with Crippen molar-refractivity contribution in [2.45, 2.75) is 26.4 Å². The van der Waals surface area contributed by atoms with E-state index in [0.29, 0.717) is 12.5 Å². The van der Waals surface area contributed by atoms with Crippen LogP contribution in [0.3, 0.4) is 0 Å². The van der Waals surface area contributed by atoms with Crippen LogP contribution in [0.25, 0.3) is 0 Å². The first-order valence-corrected chi connectivity index (χ1v) is 5.44. The van der Waals surface area contributed by atoms with Crippen molar-refractivity contribution in [3.8, 4) is 11.8 Å². The van der Waals surface area contributed by atoms with Crippen LogP contribution in [0, 0.1) is 17.2 Å². The maximum absolute atomic E-state index is 8.96. The van der Waals surface area contributed by atoms with Crippen LogP contribution in [-0.4, -0.2) is 13.2 Å². The van der Waals surface area contributed by atoms with Crippen molar-refractivity contribution in [1.29, 1.82) is 5.26 Å². The molecule has 0 aliphatic rings. The predicted molar refractivity (Wildman–Crippen MR) is 64.1 cm³/mol. The first-order valence-electron chi connectivity index (χ1n) is 5.44. The molecule has 0 saturated heterocycles. The molecular formula is C13H18N2O. The van der Waals surface area contributed by atoms with E-state index in [-0.39, 0.29) is 6.04 Å². The number of hydrogen-bond acceptors (Lipinski definition) is 3. The van der Waals surface area contributed by atoms with Gasteiger partial charge in [0.2, 0.25) is 0 Å². The molecule has 0 heterocycles. The summed E-state index contributed by atoms with van der Waals surface area (Å²) in [4.78, 5) is 0. The molecule has 86 valence electrons. The highest BCUT2D eigenvalue weighted by Gasteiger charge is 2.11. The normalized spacial score (nSPS) is 12.2. The van der Waals surface area contributed by atoms with Crippen molar-refractivity contribution < 1.29 is 4.74 Å². The predicted octanol–water partition coefficient (Wildman–Crippen LogP) is 2.33. The lowest BCUT2D eigenvalue weighted by Gasteiger charge is -2.16. The molecule has 1 atom stereocenters. The van der Waals surface area contributed by atoms with Gasteiger partial charge in [-0.1, -0.05) is 32.0 Å². The number of nitrogens with zero attached hydrogens (tertiary/aromatic N) is 1. The van der Waals surface area contributed by atoms with E-state index in [1.54, 1.807) is 7.11 Å². The van der Waals surface area contributed by atoms with Gasteiger partial charge >= 0.3 is 0 Å². The number of methoxy groups -OCH3 is 1. The lowest BCUT2D eigenvalue weighted by atomic mass is 10.1. The van der Waals surface area contributed by atoms with Gasteiger partial charge in [-0.2, -0.15) is 5.26 Å². The Morgan fingerprint density at radius 3 is 2.62 bits per heavy atom. The van der Waals surface area contributed by atoms with Gasteiger partial charge in [0.15, 0.2) is 0 Å². The maximum Gasteiger partial charge on any atom is 0.123 e. The van der Waals surface area contributed by atoms with Crippen LogP contribution in [0.1, 0.15) is 19.4 Å². The fourth-order valence-corrected chi connectivity index (χ4v) is 1.50. The second-order valence-corrected chi connectivity index (χ2v) is 4.04. The van der Waals surface area contributed by atoms with E-state index in [9.17, 15) is 0 Å². The van der Waals surface area contributed by atoms with E-state index in [0.717, 1.165) is 11.3 Å². The van der Waals surface area contributed by atoms with Crippen molar-refractivity contribution in [2.75, 3.05) is 7.11 Å². The minimum absolute atomic E-state index is 0.120. The third-order valence-electron chi connectivity index (χ3n) is 2.51. The zero-order valence-corrected chi connectivity index (χ0v) is 10.0. The zero-order valence-electron chi connectivity index (χ0n) is 10.0. The second-order valence-electron chi connectivity index (χ2n) is 4.04. The minimum Gasteiger partial charge on any atom is -0.496 e. The molecule has 0 spiro atoms. The highest BCUT2D eigenvalue weighted by Crippen LogP contribution is 2.17. The van der Waals surface area contributed by atoms with Gasteiger partial charge in [0.25, 0.3) is 0 Å². The van der Waals surface area contributed by atoms with Crippen LogP contribution in [-0.2, 0) is 6.54 Å². The third kappa shape index (κ3) is 3.25. The largest absolute Gasteiger partial charge is 0.496 e. The fourth-order valence-electron chi connectivity index (χ4n) is 1.50. The van der Waals surface area contributed by atoms with Gasteiger partial charge in [0, 0.05) is 12.1 Å². The standard InChI is InChI=1S/C13H18N2O/c1-10(2)12(8-14)15-9-11-6-4-5-7-13(11)16-3/h4-7,10,12,15H,9H2,1-3H3. The average molecular weight is 218 g/mol. The van der Waals surface area contributed by atoms with Crippen LogP contribution < -0.4 is 10.1 Å². The molecule has 1 aromatic rings. The van der Waals surface area contributed by atoms with E-state index in [1.165, 1.54) is 0 Å². The Hall–Kier alpha value is -1.53. The van der Waals surface area contributed by atoms with Crippen LogP contribution in [0.4, 0.5) is 0 Å². The Balaban J connectivity index is 2.64. The summed E-state index contributed by atoms with van der Waals surface area (Å²) < 4.78 is 5.25. The average Bonchev–Trinajstić information content (AvgIpc) is 2.30. The first-order chi connectivity index (χ1) is 7.69. The Labute approximate surface area is 97.0 Å². The topological polar surface area (TPSA) is 45.0 Å². The summed E-state index contributed by atoms with van der Waals surface area (Å²) in [6.07, 6.45) is 0. The summed E-state index contributed by atoms with van der Waals surface area (Å²) in [6, 6.07) is 9.97. The molecule has 0 aliphatic heterocycles. The van der Waals surface area contributed by atoms with Crippen molar-refractivity contribution in [3.05, 3.63) is 29.8 Å². The summed E-state index contributed by atoms with van der Waals surface area (Å²) in [5, 5.41) is 12.2. The molecule has 0 fully saturated rings. The molecule has 0 amide bonds. The molecular weight excluding hydrogens is 200 g/mol. The number of nitrogens with one attached hydrogen (secondary N) is 1. The quantitative estimate of drug-likeness (QED) is 0.825. The van der Waals surface area contributed by atoms with E-state index in [2.05, 4.69) is 11.4 Å². The maximum atomic E-state index is 8.96. The molecule has 0 radical (unpaired) electrons. The molecule has 3 heteroatoms. The van der Waals surface area contributed by atoms with Gasteiger partial charge in [0.1, 0.15) is 5.75 Å². The van der Waals surface area contributed by atoms with E-state index in [4.69, 9.17) is 10.00 Å². The molecule has 0 aromatic heterocycles. The fraction of sp³-hybridized carbons (Fsp3) is 0.462. The second kappa shape index (κ2) is 6.14. The first kappa shape index (κ1) is 12.5. The Kier molecular flexibility index (Phi) is 4.81. The molecule has 0 bridgehead atoms. The molecule has 1 unspecified atom stereocenters. The Morgan fingerprint density at radius 2 is 2.06 bits per heavy atom. The van der Waals surface area contributed by atoms with Crippen LogP contribution in [0.15, 0.2) is 24.3 Å². The highest BCUT2D eigenvalue weighted by molar-refractivity contribution is 5.33. The zero-order chi connectivity index (χ0) is 12.0. The summed E-state index contributed by atoms with van der Waals surface area (Å²) in [7, 11) is 1.66. The SMILES string of the molecule is COc1ccccc1CNC(C#N)C(C)C. The van der Waals surface area contributed by atoms with Gasteiger partial charge < -0.3 is 4.74 Å². The van der Waals surface area contributed by atoms with Crippen molar-refractivity contribution in [2.24, 2.45) is 5.92 Å². The van der Waals surface area contributed by atoms with Crippen molar-refractivity contribution >= 4 is 0 Å². The monoisotopic (exact) mass is 218 g/mol. The van der Waals surface area contributed by atoms with Crippen molar-refractivity contribution in [1.82, 2.24) is 5.32 Å². The number of benzene rings is 1. The molecule has 0 aliphatic carbocycles. The molecule has 1 rings (SSSR count). The molecule has 1 aromatic carbocycles. The van der Waals surface area contributed by atoms with Gasteiger partial charge in [0.05, 0.1) is 19.2 Å².